The second-order valence-corrected chi connectivity index (χ2v) is 10.8. The summed E-state index contributed by atoms with van der Waals surface area (Å²) in [4.78, 5) is 0. The highest BCUT2D eigenvalue weighted by Gasteiger charge is 2.47. The van der Waals surface area contributed by atoms with Gasteiger partial charge in [0, 0.05) is 0 Å². The molecule has 0 N–H and O–H groups in total. The molecular formula is C34H42O5. The van der Waals surface area contributed by atoms with Gasteiger partial charge in [0.1, 0.15) is 18.3 Å². The van der Waals surface area contributed by atoms with Crippen LogP contribution in [0.5, 0.6) is 0 Å². The molecule has 3 aromatic rings. The van der Waals surface area contributed by atoms with Crippen molar-refractivity contribution in [2.45, 2.75) is 89.6 Å². The molecule has 1 heterocycles. The van der Waals surface area contributed by atoms with Gasteiger partial charge in [-0.2, -0.15) is 0 Å². The minimum atomic E-state index is -0.525. The van der Waals surface area contributed by atoms with Crippen LogP contribution in [0.3, 0.4) is 0 Å². The number of rotatable bonds is 12. The summed E-state index contributed by atoms with van der Waals surface area (Å²) in [5.74, 6) is 0.572. The minimum Gasteiger partial charge on any atom is -0.368 e. The van der Waals surface area contributed by atoms with Gasteiger partial charge in [0.05, 0.1) is 32.5 Å². The van der Waals surface area contributed by atoms with Gasteiger partial charge in [-0.15, -0.1) is 0 Å². The molecule has 0 spiro atoms. The lowest BCUT2D eigenvalue weighted by Crippen LogP contribution is -2.60. The van der Waals surface area contributed by atoms with Crippen LogP contribution in [0.25, 0.3) is 0 Å². The average molecular weight is 531 g/mol. The van der Waals surface area contributed by atoms with E-state index in [2.05, 4.69) is 43.3 Å². The van der Waals surface area contributed by atoms with E-state index in [4.69, 9.17) is 23.7 Å². The van der Waals surface area contributed by atoms with Crippen LogP contribution in [-0.2, 0) is 43.5 Å². The molecule has 0 amide bonds. The molecule has 3 aromatic carbocycles. The maximum Gasteiger partial charge on any atom is 0.186 e. The van der Waals surface area contributed by atoms with Crippen LogP contribution in [0.2, 0.25) is 0 Å². The van der Waals surface area contributed by atoms with Crippen molar-refractivity contribution in [3.63, 3.8) is 0 Å². The number of hydrogen-bond donors (Lipinski definition) is 0. The lowest BCUT2D eigenvalue weighted by molar-refractivity contribution is -0.322. The van der Waals surface area contributed by atoms with Gasteiger partial charge in [-0.3, -0.25) is 0 Å². The molecule has 0 aromatic heterocycles. The normalized spacial score (nSPS) is 25.9. The Kier molecular flexibility index (Phi) is 10.6. The highest BCUT2D eigenvalue weighted by atomic mass is 16.7. The van der Waals surface area contributed by atoms with Gasteiger partial charge in [-0.05, 0) is 42.4 Å². The van der Waals surface area contributed by atoms with Crippen LogP contribution in [0.4, 0.5) is 0 Å². The van der Waals surface area contributed by atoms with Gasteiger partial charge in [0.15, 0.2) is 6.29 Å². The lowest BCUT2D eigenvalue weighted by atomic mass is 9.90. The number of ether oxygens (including phenoxy) is 5. The Morgan fingerprint density at radius 3 is 1.54 bits per heavy atom. The van der Waals surface area contributed by atoms with E-state index in [-0.39, 0.29) is 18.3 Å². The Morgan fingerprint density at radius 2 is 1.03 bits per heavy atom. The van der Waals surface area contributed by atoms with Crippen LogP contribution >= 0.6 is 0 Å². The maximum absolute atomic E-state index is 6.65. The van der Waals surface area contributed by atoms with E-state index < -0.39 is 12.4 Å². The first kappa shape index (κ1) is 28.0. The lowest BCUT2D eigenvalue weighted by Gasteiger charge is -2.45. The predicted octanol–water partition coefficient (Wildman–Crippen LogP) is 7.08. The standard InChI is InChI=1S/C34H42O5/c1-26-31(35-22-27-14-6-2-7-15-27)32(36-23-28-16-8-3-9-17-28)33(37-24-29-18-10-4-11-19-29)34(39-26)38-25-30-20-12-5-13-21-30/h2-4,6-11,14-19,26,30-34H,5,12-13,20-25H2,1H3/t26-,31-,32+,33+,34-/m0/s1. The van der Waals surface area contributed by atoms with Gasteiger partial charge in [0.2, 0.25) is 0 Å². The van der Waals surface area contributed by atoms with Gasteiger partial charge in [-0.25, -0.2) is 0 Å². The molecule has 5 heteroatoms. The first-order valence-corrected chi connectivity index (χ1v) is 14.5. The zero-order chi connectivity index (χ0) is 26.7. The monoisotopic (exact) mass is 530 g/mol. The molecule has 0 radical (unpaired) electrons. The van der Waals surface area contributed by atoms with Gasteiger partial charge in [-0.1, -0.05) is 110 Å². The molecule has 1 saturated heterocycles. The molecule has 5 nitrogen and oxygen atoms in total. The summed E-state index contributed by atoms with van der Waals surface area (Å²) in [5, 5.41) is 0. The van der Waals surface area contributed by atoms with Crippen LogP contribution in [-0.4, -0.2) is 37.3 Å². The Hall–Kier alpha value is -2.54. The smallest absolute Gasteiger partial charge is 0.186 e. The van der Waals surface area contributed by atoms with Crippen molar-refractivity contribution in [1.29, 1.82) is 0 Å². The predicted molar refractivity (Wildman–Crippen MR) is 152 cm³/mol. The molecule has 39 heavy (non-hydrogen) atoms. The van der Waals surface area contributed by atoms with Crippen molar-refractivity contribution in [1.82, 2.24) is 0 Å². The van der Waals surface area contributed by atoms with Crippen molar-refractivity contribution in [3.8, 4) is 0 Å². The van der Waals surface area contributed by atoms with Crippen LogP contribution in [0, 0.1) is 5.92 Å². The number of hydrogen-bond acceptors (Lipinski definition) is 5. The molecule has 1 aliphatic heterocycles. The summed E-state index contributed by atoms with van der Waals surface area (Å²) in [6.07, 6.45) is 4.46. The second kappa shape index (κ2) is 14.7. The molecule has 1 saturated carbocycles. The fourth-order valence-corrected chi connectivity index (χ4v) is 5.59. The molecular weight excluding hydrogens is 488 g/mol. The Bertz CT molecular complexity index is 1070. The summed E-state index contributed by atoms with van der Waals surface area (Å²) in [6.45, 7) is 4.12. The van der Waals surface area contributed by atoms with E-state index in [9.17, 15) is 0 Å². The third-order valence-electron chi connectivity index (χ3n) is 7.80. The quantitative estimate of drug-likeness (QED) is 0.250. The molecule has 0 bridgehead atoms. The van der Waals surface area contributed by atoms with Gasteiger partial charge >= 0.3 is 0 Å². The second-order valence-electron chi connectivity index (χ2n) is 10.8. The molecule has 5 rings (SSSR count). The van der Waals surface area contributed by atoms with Crippen LogP contribution < -0.4 is 0 Å². The van der Waals surface area contributed by atoms with Crippen molar-refractivity contribution >= 4 is 0 Å². The number of benzene rings is 3. The van der Waals surface area contributed by atoms with Gasteiger partial charge in [0.25, 0.3) is 0 Å². The highest BCUT2D eigenvalue weighted by Crippen LogP contribution is 2.32. The summed E-state index contributed by atoms with van der Waals surface area (Å²) in [7, 11) is 0. The zero-order valence-corrected chi connectivity index (χ0v) is 23.0. The van der Waals surface area contributed by atoms with Crippen LogP contribution in [0.15, 0.2) is 91.0 Å². The summed E-state index contributed by atoms with van der Waals surface area (Å²) >= 11 is 0. The van der Waals surface area contributed by atoms with Crippen LogP contribution in [0.1, 0.15) is 55.7 Å². The van der Waals surface area contributed by atoms with Gasteiger partial charge < -0.3 is 23.7 Å². The third kappa shape index (κ3) is 8.23. The van der Waals surface area contributed by atoms with E-state index in [0.29, 0.717) is 32.3 Å². The van der Waals surface area contributed by atoms with E-state index in [0.717, 1.165) is 16.7 Å². The average Bonchev–Trinajstić information content (AvgIpc) is 3.00. The third-order valence-corrected chi connectivity index (χ3v) is 7.80. The zero-order valence-electron chi connectivity index (χ0n) is 23.0. The van der Waals surface area contributed by atoms with Crippen molar-refractivity contribution in [2.75, 3.05) is 6.61 Å². The van der Waals surface area contributed by atoms with E-state index in [1.807, 2.05) is 54.6 Å². The molecule has 0 unspecified atom stereocenters. The topological polar surface area (TPSA) is 46.2 Å². The minimum absolute atomic E-state index is 0.220. The SMILES string of the molecule is C[C@@H]1O[C@H](OCC2CCCCC2)[C@H](OCc2ccccc2)[C@H](OCc2ccccc2)[C@H]1OCc1ccccc1. The van der Waals surface area contributed by atoms with Crippen molar-refractivity contribution in [3.05, 3.63) is 108 Å². The molecule has 1 aliphatic carbocycles. The van der Waals surface area contributed by atoms with E-state index >= 15 is 0 Å². The van der Waals surface area contributed by atoms with E-state index in [1.54, 1.807) is 0 Å². The van der Waals surface area contributed by atoms with Crippen molar-refractivity contribution in [2.24, 2.45) is 5.92 Å². The molecule has 5 atom stereocenters. The summed E-state index contributed by atoms with van der Waals surface area (Å²) < 4.78 is 32.8. The van der Waals surface area contributed by atoms with E-state index in [1.165, 1.54) is 32.1 Å². The largest absolute Gasteiger partial charge is 0.368 e. The Morgan fingerprint density at radius 1 is 0.564 bits per heavy atom. The fourth-order valence-electron chi connectivity index (χ4n) is 5.59. The molecule has 208 valence electrons. The Balaban J connectivity index is 1.36. The first-order valence-electron chi connectivity index (χ1n) is 14.5. The summed E-state index contributed by atoms with van der Waals surface area (Å²) in [6, 6.07) is 30.7. The van der Waals surface area contributed by atoms with Crippen molar-refractivity contribution < 1.29 is 23.7 Å². The molecule has 2 fully saturated rings. The maximum atomic E-state index is 6.65. The summed E-state index contributed by atoms with van der Waals surface area (Å²) in [5.41, 5.74) is 3.33. The molecule has 2 aliphatic rings. The highest BCUT2D eigenvalue weighted by molar-refractivity contribution is 5.15. The Labute approximate surface area is 233 Å². The first-order chi connectivity index (χ1) is 19.3. The fraction of sp³-hybridized carbons (Fsp3) is 0.471.